The number of β-amino-alcohol motifs (C(OH)–C–C–N with tert-alkyl or cyclic N) is 1. The molecular weight excluding hydrogens is 378 g/mol. The van der Waals surface area contributed by atoms with Crippen molar-refractivity contribution < 1.29 is 23.5 Å². The highest BCUT2D eigenvalue weighted by Gasteiger charge is 2.37. The van der Waals surface area contributed by atoms with Gasteiger partial charge in [-0.05, 0) is 43.2 Å². The van der Waals surface area contributed by atoms with Gasteiger partial charge >= 0.3 is 0 Å². The molecule has 1 aliphatic heterocycles. The second kappa shape index (κ2) is 8.69. The molecule has 1 saturated heterocycles. The highest BCUT2D eigenvalue weighted by molar-refractivity contribution is 5.95. The van der Waals surface area contributed by atoms with E-state index in [2.05, 4.69) is 5.32 Å². The molecule has 3 rings (SSSR count). The van der Waals surface area contributed by atoms with E-state index >= 15 is 0 Å². The number of nitrogens with zero attached hydrogens (tertiary/aromatic N) is 1. The lowest BCUT2D eigenvalue weighted by Crippen LogP contribution is -2.43. The Labute approximate surface area is 168 Å². The molecule has 2 aromatic carbocycles. The van der Waals surface area contributed by atoms with E-state index in [1.807, 2.05) is 6.92 Å². The van der Waals surface area contributed by atoms with Gasteiger partial charge in [-0.3, -0.25) is 9.59 Å². The van der Waals surface area contributed by atoms with Gasteiger partial charge in [-0.2, -0.15) is 0 Å². The van der Waals surface area contributed by atoms with Crippen molar-refractivity contribution in [2.45, 2.75) is 38.3 Å². The highest BCUT2D eigenvalue weighted by Crippen LogP contribution is 2.25. The van der Waals surface area contributed by atoms with Gasteiger partial charge in [0, 0.05) is 13.1 Å². The van der Waals surface area contributed by atoms with Crippen LogP contribution in [0.2, 0.25) is 0 Å². The molecule has 7 heteroatoms. The van der Waals surface area contributed by atoms with Crippen molar-refractivity contribution >= 4 is 11.8 Å². The first-order chi connectivity index (χ1) is 13.8. The Morgan fingerprint density at radius 2 is 1.86 bits per heavy atom. The Bertz CT molecular complexity index is 901. The van der Waals surface area contributed by atoms with Crippen molar-refractivity contribution in [1.29, 1.82) is 0 Å². The van der Waals surface area contributed by atoms with Crippen LogP contribution in [0.1, 0.15) is 40.7 Å². The second-order valence-corrected chi connectivity index (χ2v) is 7.39. The molecule has 0 saturated carbocycles. The molecule has 5 nitrogen and oxygen atoms in total. The molecule has 1 aliphatic rings. The molecule has 0 radical (unpaired) electrons. The maximum Gasteiger partial charge on any atom is 0.254 e. The van der Waals surface area contributed by atoms with E-state index in [1.54, 1.807) is 25.1 Å². The first-order valence-corrected chi connectivity index (χ1v) is 9.59. The summed E-state index contributed by atoms with van der Waals surface area (Å²) in [7, 11) is 0. The first kappa shape index (κ1) is 20.9. The Morgan fingerprint density at radius 1 is 1.17 bits per heavy atom. The van der Waals surface area contributed by atoms with Crippen LogP contribution in [0.4, 0.5) is 8.78 Å². The summed E-state index contributed by atoms with van der Waals surface area (Å²) in [6, 6.07) is 9.30. The number of nitrogens with one attached hydrogen (secondary N) is 1. The summed E-state index contributed by atoms with van der Waals surface area (Å²) in [5.74, 6) is -2.31. The van der Waals surface area contributed by atoms with Crippen LogP contribution >= 0.6 is 0 Å². The minimum absolute atomic E-state index is 0.0672. The minimum Gasteiger partial charge on any atom is -0.389 e. The van der Waals surface area contributed by atoms with Crippen molar-refractivity contribution in [3.8, 4) is 0 Å². The van der Waals surface area contributed by atoms with E-state index < -0.39 is 29.8 Å². The fourth-order valence-corrected chi connectivity index (χ4v) is 3.64. The molecule has 0 aromatic heterocycles. The first-order valence-electron chi connectivity index (χ1n) is 9.59. The largest absolute Gasteiger partial charge is 0.389 e. The van der Waals surface area contributed by atoms with Crippen molar-refractivity contribution in [3.05, 3.63) is 70.8 Å². The zero-order valence-electron chi connectivity index (χ0n) is 16.4. The second-order valence-electron chi connectivity index (χ2n) is 7.39. The summed E-state index contributed by atoms with van der Waals surface area (Å²) in [5.41, 5.74) is 1.34. The maximum atomic E-state index is 13.9. The molecule has 1 fully saturated rings. The lowest BCUT2D eigenvalue weighted by Gasteiger charge is -2.23. The van der Waals surface area contributed by atoms with Gasteiger partial charge in [0.25, 0.3) is 5.91 Å². The fourth-order valence-electron chi connectivity index (χ4n) is 3.64. The standard InChI is InChI=1S/C22H24F2N2O3/c1-3-16(14-5-7-15(23)8-6-14)22(29)26-11-19(20(27)12-26)25-21(28)17-10-13(2)4-9-18(17)24/h4-10,16,19-20,27H,3,11-12H2,1-2H3,(H,25,28)/t16?,19-,20-/m1/s1. The summed E-state index contributed by atoms with van der Waals surface area (Å²) in [6.07, 6.45) is -0.440. The van der Waals surface area contributed by atoms with Gasteiger partial charge in [-0.1, -0.05) is 30.7 Å². The molecule has 29 heavy (non-hydrogen) atoms. The van der Waals surface area contributed by atoms with Gasteiger partial charge in [0.1, 0.15) is 11.6 Å². The Hall–Kier alpha value is -2.80. The van der Waals surface area contributed by atoms with Crippen LogP contribution in [0.15, 0.2) is 42.5 Å². The fraction of sp³-hybridized carbons (Fsp3) is 0.364. The minimum atomic E-state index is -0.957. The van der Waals surface area contributed by atoms with Gasteiger partial charge < -0.3 is 15.3 Å². The Balaban J connectivity index is 1.69. The topological polar surface area (TPSA) is 69.6 Å². The van der Waals surface area contributed by atoms with Crippen molar-refractivity contribution in [1.82, 2.24) is 10.2 Å². The predicted molar refractivity (Wildman–Crippen MR) is 104 cm³/mol. The number of amides is 2. The number of likely N-dealkylation sites (tertiary alicyclic amines) is 1. The maximum absolute atomic E-state index is 13.9. The van der Waals surface area contributed by atoms with Crippen LogP contribution in [-0.4, -0.2) is 47.1 Å². The highest BCUT2D eigenvalue weighted by atomic mass is 19.1. The zero-order valence-corrected chi connectivity index (χ0v) is 16.4. The summed E-state index contributed by atoms with van der Waals surface area (Å²) < 4.78 is 27.1. The number of carbonyl (C=O) groups is 2. The monoisotopic (exact) mass is 402 g/mol. The van der Waals surface area contributed by atoms with Gasteiger partial charge in [0.05, 0.1) is 23.6 Å². The van der Waals surface area contributed by atoms with Crippen LogP contribution < -0.4 is 5.32 Å². The normalized spacial score (nSPS) is 19.8. The van der Waals surface area contributed by atoms with Crippen molar-refractivity contribution in [2.75, 3.05) is 13.1 Å². The number of aryl methyl sites for hydroxylation is 1. The lowest BCUT2D eigenvalue weighted by atomic mass is 9.95. The Morgan fingerprint density at radius 3 is 2.52 bits per heavy atom. The molecule has 2 amide bonds. The summed E-state index contributed by atoms with van der Waals surface area (Å²) in [4.78, 5) is 26.9. The molecule has 0 bridgehead atoms. The van der Waals surface area contributed by atoms with Gasteiger partial charge in [0.15, 0.2) is 0 Å². The predicted octanol–water partition coefficient (Wildman–Crippen LogP) is 2.77. The Kier molecular flexibility index (Phi) is 6.27. The third-order valence-corrected chi connectivity index (χ3v) is 5.26. The smallest absolute Gasteiger partial charge is 0.254 e. The number of benzene rings is 2. The van der Waals surface area contributed by atoms with E-state index in [4.69, 9.17) is 0 Å². The van der Waals surface area contributed by atoms with E-state index in [0.29, 0.717) is 12.0 Å². The number of halogens is 2. The molecule has 0 spiro atoms. The molecule has 3 atom stereocenters. The van der Waals surface area contributed by atoms with Gasteiger partial charge in [-0.15, -0.1) is 0 Å². The molecule has 1 unspecified atom stereocenters. The molecule has 2 N–H and O–H groups in total. The average molecular weight is 402 g/mol. The van der Waals surface area contributed by atoms with E-state index in [1.165, 1.54) is 29.2 Å². The summed E-state index contributed by atoms with van der Waals surface area (Å²) in [5, 5.41) is 13.0. The van der Waals surface area contributed by atoms with Crippen LogP contribution in [0.5, 0.6) is 0 Å². The number of carbonyl (C=O) groups excluding carboxylic acids is 2. The van der Waals surface area contributed by atoms with E-state index in [9.17, 15) is 23.5 Å². The number of aliphatic hydroxyl groups is 1. The van der Waals surface area contributed by atoms with Gasteiger partial charge in [-0.25, -0.2) is 8.78 Å². The lowest BCUT2D eigenvalue weighted by molar-refractivity contribution is -0.132. The van der Waals surface area contributed by atoms with Crippen LogP contribution in [-0.2, 0) is 4.79 Å². The zero-order chi connectivity index (χ0) is 21.1. The number of hydrogen-bond donors (Lipinski definition) is 2. The van der Waals surface area contributed by atoms with Crippen LogP contribution in [0.3, 0.4) is 0 Å². The van der Waals surface area contributed by atoms with E-state index in [0.717, 1.165) is 5.56 Å². The van der Waals surface area contributed by atoms with Crippen molar-refractivity contribution in [3.63, 3.8) is 0 Å². The molecular formula is C22H24F2N2O3. The molecule has 2 aromatic rings. The van der Waals surface area contributed by atoms with Gasteiger partial charge in [0.2, 0.25) is 5.91 Å². The molecule has 154 valence electrons. The summed E-state index contributed by atoms with van der Waals surface area (Å²) >= 11 is 0. The van der Waals surface area contributed by atoms with E-state index in [-0.39, 0.29) is 30.4 Å². The number of aliphatic hydroxyl groups excluding tert-OH is 1. The van der Waals surface area contributed by atoms with Crippen LogP contribution in [0.25, 0.3) is 0 Å². The van der Waals surface area contributed by atoms with Crippen LogP contribution in [0, 0.1) is 18.6 Å². The third-order valence-electron chi connectivity index (χ3n) is 5.26. The van der Waals surface area contributed by atoms with Crippen molar-refractivity contribution in [2.24, 2.45) is 0 Å². The SMILES string of the molecule is CCC(C(=O)N1C[C@@H](O)[C@H](NC(=O)c2cc(C)ccc2F)C1)c1ccc(F)cc1. The third kappa shape index (κ3) is 4.62. The quantitative estimate of drug-likeness (QED) is 0.808. The average Bonchev–Trinajstić information content (AvgIpc) is 3.06. The number of hydrogen-bond acceptors (Lipinski definition) is 3. The molecule has 0 aliphatic carbocycles. The number of rotatable bonds is 5. The summed E-state index contributed by atoms with van der Waals surface area (Å²) in [6.45, 7) is 3.80. The molecule has 1 heterocycles.